The Labute approximate surface area is 96.2 Å². The molecule has 1 spiro atoms. The standard InChI is InChI=1S/C13H19N3/c1-9(2)10-4-14-15-16(10)8-12-5-11(3)6-13(11,12)7-12/h4,9H,5-8H2,1-3H3. The molecule has 3 heteroatoms. The maximum Gasteiger partial charge on any atom is 0.0727 e. The van der Waals surface area contributed by atoms with E-state index >= 15 is 0 Å². The predicted molar refractivity (Wildman–Crippen MR) is 60.9 cm³/mol. The lowest BCUT2D eigenvalue weighted by Gasteiger charge is -2.31. The van der Waals surface area contributed by atoms with E-state index in [0.29, 0.717) is 11.3 Å². The number of nitrogens with zero attached hydrogens (tertiary/aromatic N) is 3. The Kier molecular flexibility index (Phi) is 1.28. The van der Waals surface area contributed by atoms with E-state index in [1.807, 2.05) is 6.20 Å². The molecule has 0 aromatic carbocycles. The molecule has 0 amide bonds. The molecule has 3 nitrogen and oxygen atoms in total. The number of aromatic nitrogens is 3. The monoisotopic (exact) mass is 217 g/mol. The lowest BCUT2D eigenvalue weighted by Crippen LogP contribution is -2.29. The Morgan fingerprint density at radius 2 is 2.19 bits per heavy atom. The van der Waals surface area contributed by atoms with Crippen molar-refractivity contribution in [3.05, 3.63) is 11.9 Å². The van der Waals surface area contributed by atoms with Crippen LogP contribution in [-0.4, -0.2) is 15.0 Å². The minimum atomic E-state index is 0.534. The van der Waals surface area contributed by atoms with Gasteiger partial charge in [-0.1, -0.05) is 26.0 Å². The zero-order valence-corrected chi connectivity index (χ0v) is 10.3. The molecule has 3 saturated carbocycles. The van der Waals surface area contributed by atoms with Crippen molar-refractivity contribution < 1.29 is 0 Å². The van der Waals surface area contributed by atoms with Crippen molar-refractivity contribution in [2.24, 2.45) is 16.2 Å². The number of hydrogen-bond donors (Lipinski definition) is 0. The van der Waals surface area contributed by atoms with Gasteiger partial charge in [0, 0.05) is 6.54 Å². The van der Waals surface area contributed by atoms with E-state index in [2.05, 4.69) is 35.8 Å². The summed E-state index contributed by atoms with van der Waals surface area (Å²) in [5.74, 6) is 0.534. The largest absolute Gasteiger partial charge is 0.249 e. The van der Waals surface area contributed by atoms with Gasteiger partial charge in [-0.25, -0.2) is 4.68 Å². The van der Waals surface area contributed by atoms with Gasteiger partial charge in [0.25, 0.3) is 0 Å². The van der Waals surface area contributed by atoms with Gasteiger partial charge in [0.15, 0.2) is 0 Å². The van der Waals surface area contributed by atoms with E-state index < -0.39 is 0 Å². The first-order valence-corrected chi connectivity index (χ1v) is 6.40. The zero-order chi connectivity index (χ0) is 11.2. The summed E-state index contributed by atoms with van der Waals surface area (Å²) in [7, 11) is 0. The summed E-state index contributed by atoms with van der Waals surface area (Å²) in [6.07, 6.45) is 6.29. The Morgan fingerprint density at radius 1 is 1.38 bits per heavy atom. The first kappa shape index (κ1) is 9.20. The molecule has 1 heterocycles. The van der Waals surface area contributed by atoms with Crippen LogP contribution in [0.3, 0.4) is 0 Å². The van der Waals surface area contributed by atoms with E-state index in [1.54, 1.807) is 0 Å². The smallest absolute Gasteiger partial charge is 0.0727 e. The van der Waals surface area contributed by atoms with Gasteiger partial charge in [0.1, 0.15) is 0 Å². The molecule has 3 aliphatic rings. The first-order chi connectivity index (χ1) is 7.52. The molecule has 3 unspecified atom stereocenters. The maximum atomic E-state index is 4.27. The Morgan fingerprint density at radius 3 is 2.69 bits per heavy atom. The second-order valence-corrected chi connectivity index (χ2v) is 6.92. The SMILES string of the molecule is CC(C)c1cnnn1CC12CC3(C)CC31C2. The van der Waals surface area contributed by atoms with Crippen LogP contribution in [0.5, 0.6) is 0 Å². The number of hydrogen-bond acceptors (Lipinski definition) is 2. The molecule has 4 rings (SSSR count). The van der Waals surface area contributed by atoms with Crippen LogP contribution in [0.25, 0.3) is 0 Å². The van der Waals surface area contributed by atoms with Crippen LogP contribution in [0.15, 0.2) is 6.20 Å². The molecule has 0 N–H and O–H groups in total. The van der Waals surface area contributed by atoms with Crippen LogP contribution < -0.4 is 0 Å². The van der Waals surface area contributed by atoms with Crippen molar-refractivity contribution in [1.82, 2.24) is 15.0 Å². The molecule has 3 atom stereocenters. The minimum absolute atomic E-state index is 0.534. The van der Waals surface area contributed by atoms with Gasteiger partial charge in [-0.15, -0.1) is 5.10 Å². The highest BCUT2D eigenvalue weighted by atomic mass is 15.4. The summed E-state index contributed by atoms with van der Waals surface area (Å²) in [5, 5.41) is 8.34. The van der Waals surface area contributed by atoms with Crippen LogP contribution in [0, 0.1) is 16.2 Å². The van der Waals surface area contributed by atoms with Crippen molar-refractivity contribution in [2.75, 3.05) is 0 Å². The third kappa shape index (κ3) is 0.770. The van der Waals surface area contributed by atoms with Crippen LogP contribution in [0.2, 0.25) is 0 Å². The molecule has 3 fully saturated rings. The summed E-state index contributed by atoms with van der Waals surface area (Å²) in [6, 6.07) is 0. The van der Waals surface area contributed by atoms with Gasteiger partial charge in [0.2, 0.25) is 0 Å². The average Bonchev–Trinajstić information content (AvgIpc) is 2.79. The van der Waals surface area contributed by atoms with Crippen LogP contribution in [-0.2, 0) is 6.54 Å². The van der Waals surface area contributed by atoms with E-state index in [4.69, 9.17) is 0 Å². The predicted octanol–water partition coefficient (Wildman–Crippen LogP) is 2.59. The highest BCUT2D eigenvalue weighted by molar-refractivity contribution is 5.42. The van der Waals surface area contributed by atoms with E-state index in [-0.39, 0.29) is 0 Å². The minimum Gasteiger partial charge on any atom is -0.249 e. The van der Waals surface area contributed by atoms with Crippen molar-refractivity contribution in [1.29, 1.82) is 0 Å². The maximum absolute atomic E-state index is 4.27. The van der Waals surface area contributed by atoms with Gasteiger partial charge < -0.3 is 0 Å². The fraction of sp³-hybridized carbons (Fsp3) is 0.846. The third-order valence-electron chi connectivity index (χ3n) is 5.67. The van der Waals surface area contributed by atoms with Crippen molar-refractivity contribution in [3.8, 4) is 0 Å². The second-order valence-electron chi connectivity index (χ2n) is 6.92. The first-order valence-electron chi connectivity index (χ1n) is 6.40. The van der Waals surface area contributed by atoms with Crippen molar-refractivity contribution in [3.63, 3.8) is 0 Å². The molecular weight excluding hydrogens is 198 g/mol. The summed E-state index contributed by atoms with van der Waals surface area (Å²) in [6.45, 7) is 8.02. The van der Waals surface area contributed by atoms with E-state index in [9.17, 15) is 0 Å². The lowest BCUT2D eigenvalue weighted by molar-refractivity contribution is 0.161. The van der Waals surface area contributed by atoms with Crippen LogP contribution >= 0.6 is 0 Å². The Balaban J connectivity index is 1.59. The fourth-order valence-corrected chi connectivity index (χ4v) is 4.75. The highest BCUT2D eigenvalue weighted by Crippen LogP contribution is 3.00. The summed E-state index contributed by atoms with van der Waals surface area (Å²) in [4.78, 5) is 0. The molecule has 16 heavy (non-hydrogen) atoms. The Hall–Kier alpha value is -0.860. The van der Waals surface area contributed by atoms with Gasteiger partial charge in [0.05, 0.1) is 11.9 Å². The second kappa shape index (κ2) is 2.22. The Bertz CT molecular complexity index is 477. The molecule has 0 saturated heterocycles. The molecule has 86 valence electrons. The summed E-state index contributed by atoms with van der Waals surface area (Å²) < 4.78 is 2.16. The molecule has 0 radical (unpaired) electrons. The number of rotatable bonds is 3. The summed E-state index contributed by atoms with van der Waals surface area (Å²) >= 11 is 0. The topological polar surface area (TPSA) is 30.7 Å². The van der Waals surface area contributed by atoms with Gasteiger partial charge in [-0.05, 0) is 41.4 Å². The zero-order valence-electron chi connectivity index (χ0n) is 10.3. The molecule has 1 aromatic rings. The van der Waals surface area contributed by atoms with Crippen LogP contribution in [0.4, 0.5) is 0 Å². The quantitative estimate of drug-likeness (QED) is 0.779. The molecule has 3 aliphatic carbocycles. The fourth-order valence-electron chi connectivity index (χ4n) is 4.75. The molecular formula is C13H19N3. The van der Waals surface area contributed by atoms with Gasteiger partial charge in [-0.3, -0.25) is 0 Å². The van der Waals surface area contributed by atoms with Crippen molar-refractivity contribution >= 4 is 0 Å². The third-order valence-corrected chi connectivity index (χ3v) is 5.67. The molecule has 0 bridgehead atoms. The molecule has 0 aliphatic heterocycles. The van der Waals surface area contributed by atoms with Crippen LogP contribution in [0.1, 0.15) is 51.6 Å². The van der Waals surface area contributed by atoms with E-state index in [1.165, 1.54) is 25.0 Å². The lowest BCUT2D eigenvalue weighted by atomic mass is 9.76. The molecule has 1 aromatic heterocycles. The van der Waals surface area contributed by atoms with E-state index in [0.717, 1.165) is 17.4 Å². The van der Waals surface area contributed by atoms with Gasteiger partial charge in [-0.2, -0.15) is 0 Å². The normalized spacial score (nSPS) is 47.2. The van der Waals surface area contributed by atoms with Crippen molar-refractivity contribution in [2.45, 2.75) is 52.5 Å². The van der Waals surface area contributed by atoms with Gasteiger partial charge >= 0.3 is 0 Å². The highest BCUT2D eigenvalue weighted by Gasteiger charge is 2.94. The average molecular weight is 217 g/mol. The summed E-state index contributed by atoms with van der Waals surface area (Å²) in [5.41, 5.74) is 3.40.